The van der Waals surface area contributed by atoms with Crippen molar-refractivity contribution in [2.24, 2.45) is 5.92 Å². The number of piperidine rings is 1. The molecular weight excluding hydrogens is 246 g/mol. The molecule has 1 aromatic rings. The number of fused-ring (bicyclic) bond motifs is 1. The first kappa shape index (κ1) is 12.3. The molecule has 0 radical (unpaired) electrons. The minimum absolute atomic E-state index is 0.0190. The van der Waals surface area contributed by atoms with Crippen LogP contribution in [0.25, 0.3) is 0 Å². The Labute approximate surface area is 114 Å². The second-order valence-corrected chi connectivity index (χ2v) is 5.93. The van der Waals surface area contributed by atoms with E-state index in [9.17, 15) is 5.11 Å². The fraction of sp³-hybridized carbons (Fsp3) is 0.600. The van der Waals surface area contributed by atoms with Crippen LogP contribution in [-0.4, -0.2) is 17.7 Å². The van der Waals surface area contributed by atoms with Crippen LogP contribution in [0.5, 0.6) is 0 Å². The Morgan fingerprint density at radius 2 is 2.06 bits per heavy atom. The van der Waals surface area contributed by atoms with E-state index in [2.05, 4.69) is 11.0 Å². The molecule has 2 nitrogen and oxygen atoms in total. The highest BCUT2D eigenvalue weighted by Crippen LogP contribution is 2.39. The number of anilines is 1. The monoisotopic (exact) mass is 265 g/mol. The molecule has 1 aliphatic heterocycles. The lowest BCUT2D eigenvalue weighted by Crippen LogP contribution is -2.42. The van der Waals surface area contributed by atoms with Gasteiger partial charge in [-0.2, -0.15) is 0 Å². The Morgan fingerprint density at radius 1 is 1.22 bits per heavy atom. The van der Waals surface area contributed by atoms with Crippen LogP contribution in [0.4, 0.5) is 5.69 Å². The van der Waals surface area contributed by atoms with Crippen molar-refractivity contribution >= 4 is 17.3 Å². The van der Waals surface area contributed by atoms with Gasteiger partial charge in [-0.05, 0) is 49.3 Å². The lowest BCUT2D eigenvalue weighted by molar-refractivity contribution is 0.282. The van der Waals surface area contributed by atoms with E-state index < -0.39 is 0 Å². The first-order valence-electron chi connectivity index (χ1n) is 6.95. The molecule has 3 rings (SSSR count). The van der Waals surface area contributed by atoms with Gasteiger partial charge < -0.3 is 10.0 Å². The van der Waals surface area contributed by atoms with Crippen LogP contribution in [0.1, 0.15) is 37.7 Å². The van der Waals surface area contributed by atoms with Crippen molar-refractivity contribution in [2.75, 3.05) is 11.4 Å². The van der Waals surface area contributed by atoms with Crippen LogP contribution in [-0.2, 0) is 6.61 Å². The number of nitrogens with zero attached hydrogens (tertiary/aromatic N) is 1. The summed E-state index contributed by atoms with van der Waals surface area (Å²) in [5.41, 5.74) is 2.05. The molecule has 98 valence electrons. The van der Waals surface area contributed by atoms with Crippen molar-refractivity contribution in [1.29, 1.82) is 0 Å². The van der Waals surface area contributed by atoms with E-state index >= 15 is 0 Å². The highest BCUT2D eigenvalue weighted by molar-refractivity contribution is 6.31. The van der Waals surface area contributed by atoms with Crippen molar-refractivity contribution < 1.29 is 5.11 Å². The van der Waals surface area contributed by atoms with Crippen molar-refractivity contribution in [2.45, 2.75) is 44.8 Å². The Balaban J connectivity index is 1.87. The summed E-state index contributed by atoms with van der Waals surface area (Å²) in [6, 6.07) is 6.80. The molecular formula is C15H20ClNO. The Morgan fingerprint density at radius 3 is 2.83 bits per heavy atom. The zero-order chi connectivity index (χ0) is 12.5. The van der Waals surface area contributed by atoms with Crippen LogP contribution >= 0.6 is 11.6 Å². The maximum Gasteiger partial charge on any atom is 0.0696 e. The lowest BCUT2D eigenvalue weighted by atomic mass is 9.91. The van der Waals surface area contributed by atoms with Gasteiger partial charge in [0.1, 0.15) is 0 Å². The third-order valence-corrected chi connectivity index (χ3v) is 4.88. The van der Waals surface area contributed by atoms with Gasteiger partial charge in [-0.3, -0.25) is 0 Å². The molecule has 0 spiro atoms. The molecule has 2 aliphatic rings. The smallest absolute Gasteiger partial charge is 0.0696 e. The van der Waals surface area contributed by atoms with Crippen molar-refractivity contribution in [3.63, 3.8) is 0 Å². The van der Waals surface area contributed by atoms with E-state index in [0.717, 1.165) is 24.1 Å². The van der Waals surface area contributed by atoms with E-state index in [1.54, 1.807) is 0 Å². The molecule has 1 heterocycles. The Kier molecular flexibility index (Phi) is 3.49. The summed E-state index contributed by atoms with van der Waals surface area (Å²) in [6.45, 7) is 1.17. The number of benzene rings is 1. The maximum absolute atomic E-state index is 9.17. The molecule has 1 saturated carbocycles. The molecule has 1 N–H and O–H groups in total. The highest BCUT2D eigenvalue weighted by Gasteiger charge is 2.35. The Hall–Kier alpha value is -0.730. The standard InChI is InChI=1S/C15H20ClNO/c16-14-9-13(7-6-12(14)10-18)17-8-2-4-11-3-1-5-15(11)17/h6-7,9,11,15,18H,1-5,8,10H2. The van der Waals surface area contributed by atoms with Crippen LogP contribution in [0, 0.1) is 5.92 Å². The third-order valence-electron chi connectivity index (χ3n) is 4.53. The van der Waals surface area contributed by atoms with Crippen molar-refractivity contribution in [1.82, 2.24) is 0 Å². The normalized spacial score (nSPS) is 27.3. The summed E-state index contributed by atoms with van der Waals surface area (Å²) in [6.07, 6.45) is 6.77. The number of hydrogen-bond acceptors (Lipinski definition) is 2. The molecule has 3 heteroatoms. The molecule has 1 aromatic carbocycles. The van der Waals surface area contributed by atoms with E-state index in [-0.39, 0.29) is 6.61 Å². The van der Waals surface area contributed by atoms with Gasteiger partial charge in [-0.1, -0.05) is 24.1 Å². The molecule has 1 saturated heterocycles. The average molecular weight is 266 g/mol. The summed E-state index contributed by atoms with van der Waals surface area (Å²) in [4.78, 5) is 2.54. The summed E-state index contributed by atoms with van der Waals surface area (Å²) in [7, 11) is 0. The van der Waals surface area contributed by atoms with Gasteiger partial charge in [-0.25, -0.2) is 0 Å². The maximum atomic E-state index is 9.17. The third kappa shape index (κ3) is 2.12. The van der Waals surface area contributed by atoms with Crippen LogP contribution in [0.2, 0.25) is 5.02 Å². The fourth-order valence-electron chi connectivity index (χ4n) is 3.62. The van der Waals surface area contributed by atoms with Gasteiger partial charge in [0.2, 0.25) is 0 Å². The zero-order valence-corrected chi connectivity index (χ0v) is 11.4. The van der Waals surface area contributed by atoms with Crippen LogP contribution in [0.15, 0.2) is 18.2 Å². The van der Waals surface area contributed by atoms with Gasteiger partial charge in [0.05, 0.1) is 6.61 Å². The zero-order valence-electron chi connectivity index (χ0n) is 10.6. The first-order valence-corrected chi connectivity index (χ1v) is 7.33. The molecule has 2 atom stereocenters. The van der Waals surface area contributed by atoms with Gasteiger partial charge >= 0.3 is 0 Å². The summed E-state index contributed by atoms with van der Waals surface area (Å²) in [5, 5.41) is 9.86. The van der Waals surface area contributed by atoms with Crippen LogP contribution in [0.3, 0.4) is 0 Å². The van der Waals surface area contributed by atoms with E-state index in [1.165, 1.54) is 37.8 Å². The number of aliphatic hydroxyl groups is 1. The molecule has 1 aliphatic carbocycles. The van der Waals surface area contributed by atoms with Crippen molar-refractivity contribution in [3.05, 3.63) is 28.8 Å². The molecule has 18 heavy (non-hydrogen) atoms. The minimum Gasteiger partial charge on any atom is -0.392 e. The van der Waals surface area contributed by atoms with E-state index in [1.807, 2.05) is 12.1 Å². The summed E-state index contributed by atoms with van der Waals surface area (Å²) >= 11 is 6.20. The summed E-state index contributed by atoms with van der Waals surface area (Å²) in [5.74, 6) is 0.884. The number of aliphatic hydroxyl groups excluding tert-OH is 1. The topological polar surface area (TPSA) is 23.5 Å². The predicted molar refractivity (Wildman–Crippen MR) is 75.1 cm³/mol. The highest BCUT2D eigenvalue weighted by atomic mass is 35.5. The molecule has 0 bridgehead atoms. The van der Waals surface area contributed by atoms with Gasteiger partial charge in [0.25, 0.3) is 0 Å². The number of rotatable bonds is 2. The summed E-state index contributed by atoms with van der Waals surface area (Å²) < 4.78 is 0. The quantitative estimate of drug-likeness (QED) is 0.883. The van der Waals surface area contributed by atoms with E-state index in [0.29, 0.717) is 5.02 Å². The lowest BCUT2D eigenvalue weighted by Gasteiger charge is -2.39. The van der Waals surface area contributed by atoms with Gasteiger partial charge in [0.15, 0.2) is 0 Å². The predicted octanol–water partition coefficient (Wildman–Crippen LogP) is 3.60. The Bertz CT molecular complexity index is 435. The molecule has 0 aromatic heterocycles. The largest absolute Gasteiger partial charge is 0.392 e. The van der Waals surface area contributed by atoms with Crippen LogP contribution < -0.4 is 4.90 Å². The second-order valence-electron chi connectivity index (χ2n) is 5.53. The van der Waals surface area contributed by atoms with Crippen molar-refractivity contribution in [3.8, 4) is 0 Å². The molecule has 2 fully saturated rings. The number of hydrogen-bond donors (Lipinski definition) is 1. The molecule has 0 amide bonds. The first-order chi connectivity index (χ1) is 8.79. The number of halogens is 1. The van der Waals surface area contributed by atoms with E-state index in [4.69, 9.17) is 11.6 Å². The molecule has 2 unspecified atom stereocenters. The minimum atomic E-state index is 0.0190. The fourth-order valence-corrected chi connectivity index (χ4v) is 3.85. The second kappa shape index (κ2) is 5.10. The van der Waals surface area contributed by atoms with Gasteiger partial charge in [-0.15, -0.1) is 0 Å². The SMILES string of the molecule is OCc1ccc(N2CCCC3CCCC32)cc1Cl. The van der Waals surface area contributed by atoms with Gasteiger partial charge in [0, 0.05) is 23.3 Å². The average Bonchev–Trinajstić information content (AvgIpc) is 2.86.